The number of rotatable bonds is 4. The summed E-state index contributed by atoms with van der Waals surface area (Å²) in [6.45, 7) is 2.01. The zero-order chi connectivity index (χ0) is 16.4. The summed E-state index contributed by atoms with van der Waals surface area (Å²) in [5, 5.41) is 4.01. The first-order chi connectivity index (χ1) is 11.0. The minimum atomic E-state index is -3.01. The van der Waals surface area contributed by atoms with E-state index < -0.39 is 15.8 Å². The number of fused-ring (bicyclic) bond motifs is 1. The van der Waals surface area contributed by atoms with Crippen LogP contribution in [0.5, 0.6) is 0 Å². The number of hydrogen-bond acceptors (Lipinski definition) is 6. The number of nitrogens with one attached hydrogen (secondary N) is 1. The summed E-state index contributed by atoms with van der Waals surface area (Å²) < 4.78 is 28.4. The van der Waals surface area contributed by atoms with Crippen molar-refractivity contribution in [1.82, 2.24) is 4.98 Å². The molecule has 2 heterocycles. The SMILES string of the molecule is CCOC(=O)c1cnc2ccccc2c1N[C@@H]1CCS(=O)(=O)C1. The summed E-state index contributed by atoms with van der Waals surface area (Å²) in [4.78, 5) is 16.5. The Hall–Kier alpha value is -2.15. The number of carbonyl (C=O) groups excluding carboxylic acids is 1. The van der Waals surface area contributed by atoms with Gasteiger partial charge in [0.1, 0.15) is 5.56 Å². The number of pyridine rings is 1. The van der Waals surface area contributed by atoms with Gasteiger partial charge in [-0.15, -0.1) is 0 Å². The number of anilines is 1. The second-order valence-electron chi connectivity index (χ2n) is 5.53. The van der Waals surface area contributed by atoms with Crippen molar-refractivity contribution >= 4 is 32.4 Å². The maximum atomic E-state index is 12.2. The van der Waals surface area contributed by atoms with Crippen LogP contribution in [-0.2, 0) is 14.6 Å². The van der Waals surface area contributed by atoms with E-state index in [0.717, 1.165) is 10.9 Å². The molecule has 1 fully saturated rings. The quantitative estimate of drug-likeness (QED) is 0.861. The van der Waals surface area contributed by atoms with Crippen LogP contribution in [0, 0.1) is 0 Å². The lowest BCUT2D eigenvalue weighted by Gasteiger charge is -2.17. The van der Waals surface area contributed by atoms with Gasteiger partial charge in [0, 0.05) is 17.6 Å². The number of carbonyl (C=O) groups is 1. The summed E-state index contributed by atoms with van der Waals surface area (Å²) >= 11 is 0. The molecule has 1 aromatic heterocycles. The molecule has 2 aromatic rings. The molecule has 0 saturated carbocycles. The Kier molecular flexibility index (Phi) is 4.21. The molecular formula is C16H18N2O4S. The fraction of sp³-hybridized carbons (Fsp3) is 0.375. The van der Waals surface area contributed by atoms with Crippen LogP contribution in [-0.4, -0.2) is 43.5 Å². The Labute approximate surface area is 134 Å². The summed E-state index contributed by atoms with van der Waals surface area (Å²) in [5.74, 6) is -0.219. The van der Waals surface area contributed by atoms with Crippen LogP contribution < -0.4 is 5.32 Å². The molecule has 0 radical (unpaired) electrons. The molecule has 1 N–H and O–H groups in total. The van der Waals surface area contributed by atoms with Crippen LogP contribution in [0.25, 0.3) is 10.9 Å². The van der Waals surface area contributed by atoms with Crippen LogP contribution in [0.2, 0.25) is 0 Å². The van der Waals surface area contributed by atoms with Gasteiger partial charge in [0.2, 0.25) is 0 Å². The molecule has 6 nitrogen and oxygen atoms in total. The van der Waals surface area contributed by atoms with Gasteiger partial charge in [-0.05, 0) is 19.4 Å². The van der Waals surface area contributed by atoms with Crippen LogP contribution in [0.1, 0.15) is 23.7 Å². The first-order valence-corrected chi connectivity index (χ1v) is 9.34. The van der Waals surface area contributed by atoms with Crippen LogP contribution in [0.4, 0.5) is 5.69 Å². The number of esters is 1. The van der Waals surface area contributed by atoms with E-state index in [4.69, 9.17) is 4.74 Å². The molecule has 1 aliphatic rings. The number of sulfone groups is 1. The Morgan fingerprint density at radius 1 is 1.39 bits per heavy atom. The van der Waals surface area contributed by atoms with E-state index in [1.54, 1.807) is 6.92 Å². The summed E-state index contributed by atoms with van der Waals surface area (Å²) in [5.41, 5.74) is 1.66. The van der Waals surface area contributed by atoms with E-state index in [2.05, 4.69) is 10.3 Å². The van der Waals surface area contributed by atoms with E-state index in [-0.39, 0.29) is 24.2 Å². The third-order valence-electron chi connectivity index (χ3n) is 3.85. The fourth-order valence-electron chi connectivity index (χ4n) is 2.77. The highest BCUT2D eigenvalue weighted by Gasteiger charge is 2.29. The summed E-state index contributed by atoms with van der Waals surface area (Å²) in [6.07, 6.45) is 2.01. The highest BCUT2D eigenvalue weighted by molar-refractivity contribution is 7.91. The van der Waals surface area contributed by atoms with E-state index in [1.807, 2.05) is 24.3 Å². The fourth-order valence-corrected chi connectivity index (χ4v) is 4.45. The molecule has 7 heteroatoms. The standard InChI is InChI=1S/C16H18N2O4S/c1-2-22-16(19)13-9-17-14-6-4-3-5-12(14)15(13)18-11-7-8-23(20,21)10-11/h3-6,9,11H,2,7-8,10H2,1H3,(H,17,18)/t11-/m1/s1. The maximum Gasteiger partial charge on any atom is 0.341 e. The van der Waals surface area contributed by atoms with Gasteiger partial charge in [-0.2, -0.15) is 0 Å². The van der Waals surface area contributed by atoms with Crippen molar-refractivity contribution in [3.63, 3.8) is 0 Å². The highest BCUT2D eigenvalue weighted by atomic mass is 32.2. The van der Waals surface area contributed by atoms with Gasteiger partial charge in [-0.3, -0.25) is 4.98 Å². The molecule has 0 aliphatic carbocycles. The van der Waals surface area contributed by atoms with Gasteiger partial charge in [0.25, 0.3) is 0 Å². The average molecular weight is 334 g/mol. The molecule has 1 aromatic carbocycles. The van der Waals surface area contributed by atoms with Gasteiger partial charge >= 0.3 is 5.97 Å². The lowest BCUT2D eigenvalue weighted by atomic mass is 10.1. The number of para-hydroxylation sites is 1. The molecule has 0 spiro atoms. The van der Waals surface area contributed by atoms with E-state index in [9.17, 15) is 13.2 Å². The molecule has 1 aliphatic heterocycles. The third kappa shape index (κ3) is 3.29. The number of hydrogen-bond donors (Lipinski definition) is 1. The molecule has 0 bridgehead atoms. The van der Waals surface area contributed by atoms with E-state index in [1.165, 1.54) is 6.20 Å². The molecule has 0 unspecified atom stereocenters. The summed E-state index contributed by atoms with van der Waals surface area (Å²) in [7, 11) is -3.01. The average Bonchev–Trinajstić information content (AvgIpc) is 2.86. The molecule has 1 atom stereocenters. The Morgan fingerprint density at radius 2 is 2.17 bits per heavy atom. The monoisotopic (exact) mass is 334 g/mol. The predicted molar refractivity (Wildman–Crippen MR) is 88.4 cm³/mol. The van der Waals surface area contributed by atoms with Gasteiger partial charge in [0.15, 0.2) is 9.84 Å². The largest absolute Gasteiger partial charge is 0.462 e. The first kappa shape index (κ1) is 15.7. The molecule has 3 rings (SSSR count). The number of aromatic nitrogens is 1. The number of ether oxygens (including phenoxy) is 1. The number of nitrogens with zero attached hydrogens (tertiary/aromatic N) is 1. The van der Waals surface area contributed by atoms with Crippen molar-refractivity contribution < 1.29 is 17.9 Å². The maximum absolute atomic E-state index is 12.2. The van der Waals surface area contributed by atoms with Crippen molar-refractivity contribution in [1.29, 1.82) is 0 Å². The van der Waals surface area contributed by atoms with Crippen molar-refractivity contribution in [3.05, 3.63) is 36.0 Å². The van der Waals surface area contributed by atoms with E-state index in [0.29, 0.717) is 17.7 Å². The normalized spacial score (nSPS) is 19.6. The Morgan fingerprint density at radius 3 is 2.87 bits per heavy atom. The first-order valence-electron chi connectivity index (χ1n) is 7.52. The molecule has 23 heavy (non-hydrogen) atoms. The van der Waals surface area contributed by atoms with Gasteiger partial charge < -0.3 is 10.1 Å². The predicted octanol–water partition coefficient (Wildman–Crippen LogP) is 2.01. The van der Waals surface area contributed by atoms with Crippen molar-refractivity contribution in [2.24, 2.45) is 0 Å². The van der Waals surface area contributed by atoms with Crippen LogP contribution in [0.15, 0.2) is 30.5 Å². The Balaban J connectivity index is 2.04. The molecular weight excluding hydrogens is 316 g/mol. The second kappa shape index (κ2) is 6.16. The molecule has 1 saturated heterocycles. The van der Waals surface area contributed by atoms with Gasteiger partial charge in [-0.25, -0.2) is 13.2 Å². The van der Waals surface area contributed by atoms with Gasteiger partial charge in [-0.1, -0.05) is 18.2 Å². The highest BCUT2D eigenvalue weighted by Crippen LogP contribution is 2.29. The van der Waals surface area contributed by atoms with E-state index >= 15 is 0 Å². The minimum absolute atomic E-state index is 0.0753. The second-order valence-corrected chi connectivity index (χ2v) is 7.76. The smallest absolute Gasteiger partial charge is 0.341 e. The third-order valence-corrected chi connectivity index (χ3v) is 5.62. The zero-order valence-electron chi connectivity index (χ0n) is 12.8. The summed E-state index contributed by atoms with van der Waals surface area (Å²) in [6, 6.07) is 7.22. The topological polar surface area (TPSA) is 85.4 Å². The number of benzene rings is 1. The van der Waals surface area contributed by atoms with Crippen molar-refractivity contribution in [2.75, 3.05) is 23.4 Å². The van der Waals surface area contributed by atoms with Gasteiger partial charge in [0.05, 0.1) is 29.3 Å². The molecule has 0 amide bonds. The lowest BCUT2D eigenvalue weighted by Crippen LogP contribution is -2.23. The Bertz CT molecular complexity index is 848. The molecule has 122 valence electrons. The van der Waals surface area contributed by atoms with Crippen LogP contribution in [0.3, 0.4) is 0 Å². The zero-order valence-corrected chi connectivity index (χ0v) is 13.6. The minimum Gasteiger partial charge on any atom is -0.462 e. The van der Waals surface area contributed by atoms with Crippen LogP contribution >= 0.6 is 0 Å². The lowest BCUT2D eigenvalue weighted by molar-refractivity contribution is 0.0527. The van der Waals surface area contributed by atoms with Crippen molar-refractivity contribution in [3.8, 4) is 0 Å². The van der Waals surface area contributed by atoms with Crippen molar-refractivity contribution in [2.45, 2.75) is 19.4 Å².